The molecule has 3 aromatic rings. The maximum atomic E-state index is 12.3. The van der Waals surface area contributed by atoms with Gasteiger partial charge in [-0.05, 0) is 48.4 Å². The van der Waals surface area contributed by atoms with Crippen LogP contribution in [0.3, 0.4) is 0 Å². The summed E-state index contributed by atoms with van der Waals surface area (Å²) >= 11 is 6.25. The van der Waals surface area contributed by atoms with Crippen LogP contribution in [0.2, 0.25) is 5.02 Å². The van der Waals surface area contributed by atoms with Gasteiger partial charge in [0.15, 0.2) is 9.84 Å². The molecule has 6 nitrogen and oxygen atoms in total. The van der Waals surface area contributed by atoms with Gasteiger partial charge in [0.25, 0.3) is 0 Å². The molecule has 0 saturated carbocycles. The Labute approximate surface area is 166 Å². The van der Waals surface area contributed by atoms with Gasteiger partial charge in [-0.1, -0.05) is 18.5 Å². The monoisotopic (exact) mass is 420 g/mol. The third-order valence-electron chi connectivity index (χ3n) is 4.26. The van der Waals surface area contributed by atoms with Crippen molar-refractivity contribution in [1.29, 1.82) is 0 Å². The third kappa shape index (κ3) is 4.26. The second-order valence-corrected chi connectivity index (χ2v) is 8.68. The maximum absolute atomic E-state index is 12.3. The van der Waals surface area contributed by atoms with Gasteiger partial charge in [0.05, 0.1) is 10.5 Å². The molecule has 1 heterocycles. The van der Waals surface area contributed by atoms with Crippen LogP contribution in [0.25, 0.3) is 11.0 Å². The Morgan fingerprint density at radius 1 is 1.11 bits per heavy atom. The van der Waals surface area contributed by atoms with Crippen molar-refractivity contribution in [3.05, 3.63) is 74.6 Å². The Bertz CT molecular complexity index is 1210. The van der Waals surface area contributed by atoms with E-state index in [1.807, 2.05) is 6.92 Å². The molecule has 0 aliphatic rings. The summed E-state index contributed by atoms with van der Waals surface area (Å²) in [5.41, 5.74) is 1.33. The quantitative estimate of drug-likeness (QED) is 0.461. The highest BCUT2D eigenvalue weighted by molar-refractivity contribution is 7.90. The molecule has 8 heteroatoms. The van der Waals surface area contributed by atoms with Gasteiger partial charge < -0.3 is 9.15 Å². The lowest BCUT2D eigenvalue weighted by atomic mass is 10.1. The fraction of sp³-hybridized carbons (Fsp3) is 0.200. The van der Waals surface area contributed by atoms with Crippen molar-refractivity contribution < 1.29 is 22.4 Å². The SMILES string of the molecule is CCc1cc2oc(=O)cc(COC(=O)c3ccc(S(C)(=O)=O)cc3)c2cc1Cl. The summed E-state index contributed by atoms with van der Waals surface area (Å²) in [5, 5.41) is 1.12. The summed E-state index contributed by atoms with van der Waals surface area (Å²) < 4.78 is 33.5. The average Bonchev–Trinajstić information content (AvgIpc) is 2.65. The summed E-state index contributed by atoms with van der Waals surface area (Å²) in [6.07, 6.45) is 1.77. The van der Waals surface area contributed by atoms with Gasteiger partial charge in [0.1, 0.15) is 12.2 Å². The van der Waals surface area contributed by atoms with E-state index in [4.69, 9.17) is 20.8 Å². The summed E-state index contributed by atoms with van der Waals surface area (Å²) in [7, 11) is -3.35. The van der Waals surface area contributed by atoms with E-state index in [0.717, 1.165) is 11.8 Å². The highest BCUT2D eigenvalue weighted by Crippen LogP contribution is 2.26. The zero-order valence-electron chi connectivity index (χ0n) is 15.2. The summed E-state index contributed by atoms with van der Waals surface area (Å²) in [5.74, 6) is -0.641. The van der Waals surface area contributed by atoms with Crippen LogP contribution in [0.4, 0.5) is 0 Å². The molecule has 0 spiro atoms. The first-order chi connectivity index (χ1) is 13.2. The zero-order valence-corrected chi connectivity index (χ0v) is 16.8. The number of ether oxygens (including phenoxy) is 1. The predicted octanol–water partition coefficient (Wildman–Crippen LogP) is 3.77. The van der Waals surface area contributed by atoms with Crippen molar-refractivity contribution >= 4 is 38.4 Å². The van der Waals surface area contributed by atoms with Gasteiger partial charge in [-0.25, -0.2) is 18.0 Å². The van der Waals surface area contributed by atoms with E-state index in [-0.39, 0.29) is 17.1 Å². The first-order valence-electron chi connectivity index (χ1n) is 8.41. The van der Waals surface area contributed by atoms with Gasteiger partial charge in [0, 0.05) is 28.3 Å². The molecule has 3 rings (SSSR count). The van der Waals surface area contributed by atoms with E-state index < -0.39 is 21.4 Å². The highest BCUT2D eigenvalue weighted by Gasteiger charge is 2.14. The molecule has 0 fully saturated rings. The van der Waals surface area contributed by atoms with Crippen LogP contribution >= 0.6 is 11.6 Å². The lowest BCUT2D eigenvalue weighted by Gasteiger charge is -2.09. The minimum atomic E-state index is -3.35. The number of rotatable bonds is 5. The number of esters is 1. The average molecular weight is 421 g/mol. The van der Waals surface area contributed by atoms with E-state index in [1.54, 1.807) is 12.1 Å². The number of carbonyl (C=O) groups is 1. The molecule has 1 aromatic heterocycles. The van der Waals surface area contributed by atoms with Gasteiger partial charge in [-0.2, -0.15) is 0 Å². The van der Waals surface area contributed by atoms with Crippen LogP contribution in [0, 0.1) is 0 Å². The largest absolute Gasteiger partial charge is 0.457 e. The minimum absolute atomic E-state index is 0.108. The molecular weight excluding hydrogens is 404 g/mol. The molecule has 0 radical (unpaired) electrons. The van der Waals surface area contributed by atoms with E-state index in [0.29, 0.717) is 28.0 Å². The standard InChI is InChI=1S/C20H17ClO6S/c1-3-12-8-18-16(10-17(12)21)14(9-19(22)27-18)11-26-20(23)13-4-6-15(7-5-13)28(2,24)25/h4-10H,3,11H2,1-2H3. The molecule has 146 valence electrons. The molecule has 0 saturated heterocycles. The lowest BCUT2D eigenvalue weighted by Crippen LogP contribution is -2.08. The normalized spacial score (nSPS) is 11.5. The van der Waals surface area contributed by atoms with Crippen molar-refractivity contribution in [3.8, 4) is 0 Å². The minimum Gasteiger partial charge on any atom is -0.457 e. The molecule has 0 N–H and O–H groups in total. The molecule has 0 aliphatic carbocycles. The Kier molecular flexibility index (Phi) is 5.58. The number of halogens is 1. The van der Waals surface area contributed by atoms with Crippen molar-refractivity contribution in [3.63, 3.8) is 0 Å². The molecule has 0 aliphatic heterocycles. The Hall–Kier alpha value is -2.64. The lowest BCUT2D eigenvalue weighted by molar-refractivity contribution is 0.0473. The second-order valence-electron chi connectivity index (χ2n) is 6.26. The predicted molar refractivity (Wildman–Crippen MR) is 106 cm³/mol. The van der Waals surface area contributed by atoms with Gasteiger partial charge >= 0.3 is 11.6 Å². The van der Waals surface area contributed by atoms with E-state index in [1.165, 1.54) is 30.3 Å². The maximum Gasteiger partial charge on any atom is 0.338 e. The van der Waals surface area contributed by atoms with Crippen LogP contribution in [-0.2, 0) is 27.6 Å². The van der Waals surface area contributed by atoms with E-state index >= 15 is 0 Å². The number of sulfone groups is 1. The van der Waals surface area contributed by atoms with Crippen LogP contribution in [0.15, 0.2) is 56.6 Å². The number of aryl methyl sites for hydroxylation is 1. The Balaban J connectivity index is 1.86. The molecule has 2 aromatic carbocycles. The second kappa shape index (κ2) is 7.77. The number of hydrogen-bond donors (Lipinski definition) is 0. The first kappa shape index (κ1) is 20.1. The fourth-order valence-corrected chi connectivity index (χ4v) is 3.67. The molecule has 0 atom stereocenters. The van der Waals surface area contributed by atoms with Crippen LogP contribution < -0.4 is 5.63 Å². The van der Waals surface area contributed by atoms with Gasteiger partial charge in [-0.15, -0.1) is 0 Å². The highest BCUT2D eigenvalue weighted by atomic mass is 35.5. The van der Waals surface area contributed by atoms with Crippen molar-refractivity contribution in [1.82, 2.24) is 0 Å². The van der Waals surface area contributed by atoms with Crippen LogP contribution in [-0.4, -0.2) is 20.6 Å². The summed E-state index contributed by atoms with van der Waals surface area (Å²) in [4.78, 5) is 24.2. The van der Waals surface area contributed by atoms with Crippen molar-refractivity contribution in [2.24, 2.45) is 0 Å². The molecule has 0 unspecified atom stereocenters. The zero-order chi connectivity index (χ0) is 20.5. The Morgan fingerprint density at radius 2 is 1.79 bits per heavy atom. The smallest absolute Gasteiger partial charge is 0.338 e. The Morgan fingerprint density at radius 3 is 2.39 bits per heavy atom. The number of hydrogen-bond acceptors (Lipinski definition) is 6. The van der Waals surface area contributed by atoms with Gasteiger partial charge in [0.2, 0.25) is 0 Å². The van der Waals surface area contributed by atoms with Gasteiger partial charge in [-0.3, -0.25) is 0 Å². The number of carbonyl (C=O) groups excluding carboxylic acids is 1. The summed E-state index contributed by atoms with van der Waals surface area (Å²) in [6.45, 7) is 1.78. The fourth-order valence-electron chi connectivity index (χ4n) is 2.74. The van der Waals surface area contributed by atoms with Crippen LogP contribution in [0.1, 0.15) is 28.4 Å². The molecule has 0 bridgehead atoms. The molecular formula is C20H17ClO6S. The van der Waals surface area contributed by atoms with Crippen molar-refractivity contribution in [2.75, 3.05) is 6.26 Å². The van der Waals surface area contributed by atoms with Crippen LogP contribution in [0.5, 0.6) is 0 Å². The summed E-state index contributed by atoms with van der Waals surface area (Å²) in [6, 6.07) is 10.1. The van der Waals surface area contributed by atoms with E-state index in [2.05, 4.69) is 0 Å². The number of benzene rings is 2. The molecule has 28 heavy (non-hydrogen) atoms. The topological polar surface area (TPSA) is 90.7 Å². The van der Waals surface area contributed by atoms with Crippen molar-refractivity contribution in [2.45, 2.75) is 24.8 Å². The first-order valence-corrected chi connectivity index (χ1v) is 10.7. The number of fused-ring (bicyclic) bond motifs is 1. The molecule has 0 amide bonds. The third-order valence-corrected chi connectivity index (χ3v) is 5.74. The van der Waals surface area contributed by atoms with E-state index in [9.17, 15) is 18.0 Å².